The summed E-state index contributed by atoms with van der Waals surface area (Å²) in [7, 11) is 2.10. The van der Waals surface area contributed by atoms with Gasteiger partial charge in [0.25, 0.3) is 0 Å². The molecule has 0 aliphatic heterocycles. The highest BCUT2D eigenvalue weighted by Crippen LogP contribution is 2.20. The molecule has 1 heterocycles. The zero-order chi connectivity index (χ0) is 9.68. The van der Waals surface area contributed by atoms with Gasteiger partial charge >= 0.3 is 0 Å². The van der Waals surface area contributed by atoms with Gasteiger partial charge in [0.1, 0.15) is 0 Å². The van der Waals surface area contributed by atoms with Crippen molar-refractivity contribution in [3.05, 3.63) is 20.8 Å². The number of hydrogen-bond donors (Lipinski definition) is 0. The van der Waals surface area contributed by atoms with Gasteiger partial charge in [0.05, 0.1) is 0 Å². The molecule has 13 heavy (non-hydrogen) atoms. The molecule has 0 fully saturated rings. The Bertz CT molecular complexity index is 252. The van der Waals surface area contributed by atoms with E-state index in [-0.39, 0.29) is 0 Å². The Morgan fingerprint density at radius 3 is 2.85 bits per heavy atom. The van der Waals surface area contributed by atoms with Crippen LogP contribution in [0.1, 0.15) is 4.88 Å². The second-order valence-electron chi connectivity index (χ2n) is 2.97. The largest absolute Gasteiger partial charge is 0.305 e. The molecule has 0 atom stereocenters. The lowest BCUT2D eigenvalue weighted by Gasteiger charge is -2.13. The monoisotopic (exact) mass is 281 g/mol. The minimum absolute atomic E-state index is 0.713. The van der Waals surface area contributed by atoms with Gasteiger partial charge in [-0.3, -0.25) is 0 Å². The minimum Gasteiger partial charge on any atom is -0.305 e. The van der Waals surface area contributed by atoms with Crippen molar-refractivity contribution in [3.63, 3.8) is 0 Å². The van der Waals surface area contributed by atoms with Crippen LogP contribution in [-0.4, -0.2) is 30.9 Å². The molecule has 0 aliphatic carbocycles. The first-order chi connectivity index (χ1) is 6.22. The van der Waals surface area contributed by atoms with E-state index in [1.165, 1.54) is 9.35 Å². The van der Waals surface area contributed by atoms with Gasteiger partial charge in [-0.1, -0.05) is 0 Å². The number of rotatable bonds is 5. The maximum atomic E-state index is 5.64. The van der Waals surface area contributed by atoms with Gasteiger partial charge in [-0.15, -0.1) is 22.9 Å². The van der Waals surface area contributed by atoms with Crippen LogP contribution in [0.15, 0.2) is 15.9 Å². The number of alkyl halides is 1. The highest BCUT2D eigenvalue weighted by Gasteiger charge is 2.00. The van der Waals surface area contributed by atoms with Crippen LogP contribution in [0, 0.1) is 0 Å². The van der Waals surface area contributed by atoms with E-state index in [1.807, 2.05) is 0 Å². The van der Waals surface area contributed by atoms with Crippen molar-refractivity contribution in [1.29, 1.82) is 0 Å². The van der Waals surface area contributed by atoms with Crippen LogP contribution in [0.25, 0.3) is 0 Å². The van der Waals surface area contributed by atoms with E-state index < -0.39 is 0 Å². The lowest BCUT2D eigenvalue weighted by atomic mass is 10.3. The molecule has 0 unspecified atom stereocenters. The molecule has 1 aromatic heterocycles. The number of nitrogens with zero attached hydrogens (tertiary/aromatic N) is 1. The molecule has 74 valence electrons. The Morgan fingerprint density at radius 1 is 1.54 bits per heavy atom. The van der Waals surface area contributed by atoms with Crippen LogP contribution in [0.2, 0.25) is 0 Å². The first-order valence-electron chi connectivity index (χ1n) is 4.20. The third kappa shape index (κ3) is 4.45. The maximum Gasteiger partial charge on any atom is 0.0351 e. The molecule has 0 saturated heterocycles. The summed E-state index contributed by atoms with van der Waals surface area (Å²) >= 11 is 10.9. The predicted molar refractivity (Wildman–Crippen MR) is 63.9 cm³/mol. The first kappa shape index (κ1) is 11.5. The highest BCUT2D eigenvalue weighted by atomic mass is 79.9. The quantitative estimate of drug-likeness (QED) is 0.750. The summed E-state index contributed by atoms with van der Waals surface area (Å²) in [6.07, 6.45) is 1.11. The Hall–Kier alpha value is 0.430. The molecule has 0 saturated carbocycles. The topological polar surface area (TPSA) is 3.24 Å². The van der Waals surface area contributed by atoms with Crippen molar-refractivity contribution in [2.75, 3.05) is 26.0 Å². The lowest BCUT2D eigenvalue weighted by molar-refractivity contribution is 0.360. The molecule has 0 bridgehead atoms. The van der Waals surface area contributed by atoms with E-state index in [9.17, 15) is 0 Å². The van der Waals surface area contributed by atoms with Gasteiger partial charge in [0, 0.05) is 33.7 Å². The van der Waals surface area contributed by atoms with Crippen molar-refractivity contribution in [2.45, 2.75) is 6.42 Å². The number of likely N-dealkylation sites (N-methyl/N-ethyl adjacent to an activating group) is 1. The van der Waals surface area contributed by atoms with E-state index in [4.69, 9.17) is 11.6 Å². The molecule has 1 nitrogen and oxygen atoms in total. The van der Waals surface area contributed by atoms with Crippen LogP contribution in [0.5, 0.6) is 0 Å². The van der Waals surface area contributed by atoms with E-state index in [1.54, 1.807) is 11.3 Å². The van der Waals surface area contributed by atoms with Gasteiger partial charge in [-0.25, -0.2) is 0 Å². The SMILES string of the molecule is CN(CCCl)CCc1cc(Br)cs1. The fourth-order valence-electron chi connectivity index (χ4n) is 1.04. The van der Waals surface area contributed by atoms with Crippen LogP contribution in [0.3, 0.4) is 0 Å². The second kappa shape index (κ2) is 6.02. The summed E-state index contributed by atoms with van der Waals surface area (Å²) in [6.45, 7) is 2.05. The minimum atomic E-state index is 0.713. The average molecular weight is 283 g/mol. The predicted octanol–water partition coefficient (Wildman–Crippen LogP) is 3.22. The molecule has 0 aromatic carbocycles. The van der Waals surface area contributed by atoms with Crippen LogP contribution in [-0.2, 0) is 6.42 Å². The zero-order valence-electron chi connectivity index (χ0n) is 7.59. The molecular formula is C9H13BrClNS. The molecule has 0 radical (unpaired) electrons. The molecule has 0 aliphatic rings. The summed E-state index contributed by atoms with van der Waals surface area (Å²) < 4.78 is 1.19. The fourth-order valence-corrected chi connectivity index (χ4v) is 2.77. The van der Waals surface area contributed by atoms with E-state index in [0.717, 1.165) is 19.5 Å². The third-order valence-electron chi connectivity index (χ3n) is 1.83. The van der Waals surface area contributed by atoms with E-state index in [0.29, 0.717) is 5.88 Å². The molecular weight excluding hydrogens is 270 g/mol. The lowest BCUT2D eigenvalue weighted by Crippen LogP contribution is -2.22. The number of halogens is 2. The smallest absolute Gasteiger partial charge is 0.0351 e. The van der Waals surface area contributed by atoms with Crippen LogP contribution in [0.4, 0.5) is 0 Å². The van der Waals surface area contributed by atoms with E-state index >= 15 is 0 Å². The summed E-state index contributed by atoms with van der Waals surface area (Å²) in [4.78, 5) is 3.67. The molecule has 0 N–H and O–H groups in total. The van der Waals surface area contributed by atoms with Gasteiger partial charge in [0.15, 0.2) is 0 Å². The standard InChI is InChI=1S/C9H13BrClNS/c1-12(5-3-11)4-2-9-6-8(10)7-13-9/h6-7H,2-5H2,1H3. The van der Waals surface area contributed by atoms with Crippen molar-refractivity contribution in [3.8, 4) is 0 Å². The van der Waals surface area contributed by atoms with Crippen LogP contribution < -0.4 is 0 Å². The molecule has 4 heteroatoms. The average Bonchev–Trinajstić information content (AvgIpc) is 2.49. The normalized spacial score (nSPS) is 11.1. The summed E-state index contributed by atoms with van der Waals surface area (Å²) in [5, 5.41) is 2.12. The van der Waals surface area contributed by atoms with Crippen LogP contribution >= 0.6 is 38.9 Å². The van der Waals surface area contributed by atoms with Crippen molar-refractivity contribution < 1.29 is 0 Å². The van der Waals surface area contributed by atoms with Crippen molar-refractivity contribution in [1.82, 2.24) is 4.90 Å². The number of thiophene rings is 1. The van der Waals surface area contributed by atoms with Gasteiger partial charge < -0.3 is 4.90 Å². The summed E-state index contributed by atoms with van der Waals surface area (Å²) in [5.74, 6) is 0.713. The Balaban J connectivity index is 2.26. The van der Waals surface area contributed by atoms with Gasteiger partial charge in [-0.2, -0.15) is 0 Å². The third-order valence-corrected chi connectivity index (χ3v) is 3.75. The zero-order valence-corrected chi connectivity index (χ0v) is 10.8. The van der Waals surface area contributed by atoms with E-state index in [2.05, 4.69) is 39.3 Å². The highest BCUT2D eigenvalue weighted by molar-refractivity contribution is 9.10. The van der Waals surface area contributed by atoms with Crippen molar-refractivity contribution >= 4 is 38.9 Å². The summed E-state index contributed by atoms with van der Waals surface area (Å²) in [5.41, 5.74) is 0. The van der Waals surface area contributed by atoms with Gasteiger partial charge in [0.2, 0.25) is 0 Å². The maximum absolute atomic E-state index is 5.64. The molecule has 1 aromatic rings. The summed E-state index contributed by atoms with van der Waals surface area (Å²) in [6, 6.07) is 2.18. The van der Waals surface area contributed by atoms with Gasteiger partial charge in [-0.05, 0) is 35.5 Å². The Labute approximate surface area is 96.8 Å². The molecule has 0 spiro atoms. The Kier molecular flexibility index (Phi) is 5.32. The van der Waals surface area contributed by atoms with Crippen molar-refractivity contribution in [2.24, 2.45) is 0 Å². The molecule has 1 rings (SSSR count). The first-order valence-corrected chi connectivity index (χ1v) is 6.40. The molecule has 0 amide bonds. The Morgan fingerprint density at radius 2 is 2.31 bits per heavy atom. The fraction of sp³-hybridized carbons (Fsp3) is 0.556. The second-order valence-corrected chi connectivity index (χ2v) is 5.26. The number of hydrogen-bond acceptors (Lipinski definition) is 2.